The van der Waals surface area contributed by atoms with E-state index in [1.807, 2.05) is 61.5 Å². The lowest BCUT2D eigenvalue weighted by Gasteiger charge is -2.08. The number of rotatable bonds is 7. The summed E-state index contributed by atoms with van der Waals surface area (Å²) in [6.07, 6.45) is 1.53. The second-order valence-corrected chi connectivity index (χ2v) is 8.39. The third-order valence-electron chi connectivity index (χ3n) is 5.11. The van der Waals surface area contributed by atoms with Gasteiger partial charge in [0.25, 0.3) is 5.24 Å². The van der Waals surface area contributed by atoms with Crippen LogP contribution < -0.4 is 5.32 Å². The number of thioether (sulfide) groups is 1. The maximum absolute atomic E-state index is 11.7. The smallest absolute Gasteiger partial charge is 0.286 e. The second kappa shape index (κ2) is 9.18. The van der Waals surface area contributed by atoms with Gasteiger partial charge in [-0.15, -0.1) is 0 Å². The molecule has 7 nitrogen and oxygen atoms in total. The minimum Gasteiger partial charge on any atom is -0.441 e. The quantitative estimate of drug-likeness (QED) is 0.325. The van der Waals surface area contributed by atoms with Gasteiger partial charge in [-0.2, -0.15) is 0 Å². The third kappa shape index (κ3) is 4.86. The molecule has 0 radical (unpaired) electrons. The Labute approximate surface area is 183 Å². The van der Waals surface area contributed by atoms with E-state index in [4.69, 9.17) is 4.42 Å². The van der Waals surface area contributed by atoms with E-state index in [0.717, 1.165) is 39.9 Å². The van der Waals surface area contributed by atoms with Crippen LogP contribution in [0.1, 0.15) is 29.0 Å². The third-order valence-corrected chi connectivity index (χ3v) is 6.09. The number of aryl methyl sites for hydroxylation is 2. The van der Waals surface area contributed by atoms with Crippen molar-refractivity contribution < 1.29 is 19.2 Å². The van der Waals surface area contributed by atoms with Gasteiger partial charge in [0, 0.05) is 5.56 Å². The molecule has 1 fully saturated rings. The Hall–Kier alpha value is -3.39. The second-order valence-electron chi connectivity index (χ2n) is 7.22. The lowest BCUT2D eigenvalue weighted by Crippen LogP contribution is -2.25. The fraction of sp³-hybridized carbons (Fsp3) is 0.217. The van der Waals surface area contributed by atoms with Crippen LogP contribution in [0.3, 0.4) is 0 Å². The van der Waals surface area contributed by atoms with Crippen LogP contribution >= 0.6 is 11.8 Å². The van der Waals surface area contributed by atoms with Crippen molar-refractivity contribution in [2.24, 2.45) is 5.16 Å². The molecule has 158 valence electrons. The molecule has 1 aliphatic rings. The first-order chi connectivity index (χ1) is 15.0. The van der Waals surface area contributed by atoms with Crippen molar-refractivity contribution in [2.75, 3.05) is 0 Å². The summed E-state index contributed by atoms with van der Waals surface area (Å²) in [4.78, 5) is 27.6. The summed E-state index contributed by atoms with van der Waals surface area (Å²) in [5.41, 5.74) is 4.00. The number of amides is 2. The average Bonchev–Trinajstić information content (AvgIpc) is 3.31. The molecule has 2 heterocycles. The van der Waals surface area contributed by atoms with Crippen LogP contribution in [0.15, 0.2) is 64.2 Å². The molecule has 8 heteroatoms. The van der Waals surface area contributed by atoms with Gasteiger partial charge in [-0.25, -0.2) is 4.98 Å². The number of oxime groups is 1. The highest BCUT2D eigenvalue weighted by Gasteiger charge is 2.31. The van der Waals surface area contributed by atoms with Crippen molar-refractivity contribution in [1.29, 1.82) is 0 Å². The topological polar surface area (TPSA) is 105 Å². The number of aromatic nitrogens is 1. The fourth-order valence-corrected chi connectivity index (χ4v) is 4.29. The molecular weight excluding hydrogens is 414 g/mol. The van der Waals surface area contributed by atoms with Crippen LogP contribution in [-0.2, 0) is 17.6 Å². The van der Waals surface area contributed by atoms with Gasteiger partial charge >= 0.3 is 0 Å². The number of carbonyl (C=O) groups is 2. The van der Waals surface area contributed by atoms with Gasteiger partial charge in [0.05, 0.1) is 16.7 Å². The Bertz CT molecular complexity index is 1120. The molecule has 1 atom stereocenters. The maximum atomic E-state index is 11.7. The van der Waals surface area contributed by atoms with Gasteiger partial charge in [-0.3, -0.25) is 14.9 Å². The Kier molecular flexibility index (Phi) is 6.18. The average molecular weight is 436 g/mol. The number of benzene rings is 2. The van der Waals surface area contributed by atoms with Crippen molar-refractivity contribution in [3.63, 3.8) is 0 Å². The van der Waals surface area contributed by atoms with Crippen LogP contribution in [0, 0.1) is 6.92 Å². The normalized spacial score (nSPS) is 16.5. The molecule has 0 aliphatic carbocycles. The van der Waals surface area contributed by atoms with Crippen molar-refractivity contribution >= 4 is 28.6 Å². The molecule has 1 aromatic heterocycles. The maximum Gasteiger partial charge on any atom is 0.286 e. The van der Waals surface area contributed by atoms with E-state index in [1.165, 1.54) is 0 Å². The molecule has 0 saturated carbocycles. The van der Waals surface area contributed by atoms with Crippen LogP contribution in [0.4, 0.5) is 4.79 Å². The van der Waals surface area contributed by atoms with Crippen molar-refractivity contribution in [3.05, 3.63) is 77.2 Å². The predicted molar refractivity (Wildman–Crippen MR) is 118 cm³/mol. The molecule has 2 aromatic carbocycles. The van der Waals surface area contributed by atoms with Crippen LogP contribution in [0.25, 0.3) is 11.5 Å². The number of oxazole rings is 1. The van der Waals surface area contributed by atoms with Crippen LogP contribution in [0.5, 0.6) is 0 Å². The highest BCUT2D eigenvalue weighted by molar-refractivity contribution is 8.15. The Morgan fingerprint density at radius 3 is 2.55 bits per heavy atom. The minimum atomic E-state index is -0.404. The van der Waals surface area contributed by atoms with E-state index in [9.17, 15) is 14.8 Å². The molecular formula is C23H21N3O4S. The Balaban J connectivity index is 1.40. The van der Waals surface area contributed by atoms with Gasteiger partial charge in [0.15, 0.2) is 0 Å². The van der Waals surface area contributed by atoms with E-state index in [0.29, 0.717) is 30.9 Å². The summed E-state index contributed by atoms with van der Waals surface area (Å²) >= 11 is 1.01. The molecule has 0 spiro atoms. The van der Waals surface area contributed by atoms with Gasteiger partial charge in [-0.05, 0) is 49.4 Å². The molecule has 4 rings (SSSR count). The van der Waals surface area contributed by atoms with E-state index < -0.39 is 5.25 Å². The molecule has 1 saturated heterocycles. The highest BCUT2D eigenvalue weighted by atomic mass is 32.2. The van der Waals surface area contributed by atoms with Gasteiger partial charge in [-0.1, -0.05) is 59.4 Å². The van der Waals surface area contributed by atoms with E-state index >= 15 is 0 Å². The molecule has 3 aromatic rings. The van der Waals surface area contributed by atoms with Crippen LogP contribution in [0.2, 0.25) is 0 Å². The van der Waals surface area contributed by atoms with Gasteiger partial charge in [0.2, 0.25) is 11.8 Å². The zero-order chi connectivity index (χ0) is 21.8. The van der Waals surface area contributed by atoms with Crippen molar-refractivity contribution in [1.82, 2.24) is 10.3 Å². The first-order valence-electron chi connectivity index (χ1n) is 9.87. The molecule has 2 N–H and O–H groups in total. The lowest BCUT2D eigenvalue weighted by atomic mass is 10.0. The van der Waals surface area contributed by atoms with Gasteiger partial charge < -0.3 is 9.62 Å². The fourth-order valence-electron chi connectivity index (χ4n) is 3.43. The lowest BCUT2D eigenvalue weighted by molar-refractivity contribution is -0.118. The molecule has 2 amide bonds. The number of carbonyl (C=O) groups excluding carboxylic acids is 2. The summed E-state index contributed by atoms with van der Waals surface area (Å²) in [6, 6.07) is 17.2. The van der Waals surface area contributed by atoms with E-state index in [1.54, 1.807) is 0 Å². The highest BCUT2D eigenvalue weighted by Crippen LogP contribution is 2.24. The predicted octanol–water partition coefficient (Wildman–Crippen LogP) is 4.36. The first kappa shape index (κ1) is 20.9. The number of nitrogens with zero attached hydrogens (tertiary/aromatic N) is 2. The molecule has 1 unspecified atom stereocenters. The minimum absolute atomic E-state index is 0.255. The summed E-state index contributed by atoms with van der Waals surface area (Å²) in [5, 5.41) is 14.6. The first-order valence-corrected chi connectivity index (χ1v) is 10.7. The number of hydrogen-bond acceptors (Lipinski definition) is 7. The zero-order valence-electron chi connectivity index (χ0n) is 16.9. The standard InChI is InChI=1S/C23H21N3O4S/c1-14-18(24-22(30-14)17-5-3-2-4-6-17)11-12-19(26-29)16-9-7-15(8-10-16)13-20-21(27)25-23(28)31-20/h2-10,20,29H,11-13H2,1H3,(H,25,27,28)/b26-19-. The van der Waals surface area contributed by atoms with E-state index in [-0.39, 0.29) is 11.1 Å². The largest absolute Gasteiger partial charge is 0.441 e. The summed E-state index contributed by atoms with van der Waals surface area (Å²) < 4.78 is 5.80. The number of nitrogens with one attached hydrogen (secondary N) is 1. The Morgan fingerprint density at radius 1 is 1.16 bits per heavy atom. The summed E-state index contributed by atoms with van der Waals surface area (Å²) in [5.74, 6) is 1.06. The molecule has 1 aliphatic heterocycles. The number of hydrogen-bond donors (Lipinski definition) is 2. The SMILES string of the molecule is Cc1oc(-c2ccccc2)nc1CC/C(=N/O)c1ccc(CC2SC(=O)NC2=O)cc1. The summed E-state index contributed by atoms with van der Waals surface area (Å²) in [7, 11) is 0. The zero-order valence-corrected chi connectivity index (χ0v) is 17.7. The molecule has 0 bridgehead atoms. The molecule has 31 heavy (non-hydrogen) atoms. The summed E-state index contributed by atoms with van der Waals surface area (Å²) in [6.45, 7) is 1.88. The Morgan fingerprint density at radius 2 is 1.90 bits per heavy atom. The van der Waals surface area contributed by atoms with Gasteiger partial charge in [0.1, 0.15) is 5.76 Å². The monoisotopic (exact) mass is 435 g/mol. The van der Waals surface area contributed by atoms with Crippen LogP contribution in [-0.4, -0.2) is 32.3 Å². The van der Waals surface area contributed by atoms with Crippen molar-refractivity contribution in [2.45, 2.75) is 31.4 Å². The van der Waals surface area contributed by atoms with E-state index in [2.05, 4.69) is 15.5 Å². The number of imide groups is 1. The van der Waals surface area contributed by atoms with Crippen molar-refractivity contribution in [3.8, 4) is 11.5 Å².